The highest BCUT2D eigenvalue weighted by Gasteiger charge is 2.32. The van der Waals surface area contributed by atoms with Gasteiger partial charge in [0.05, 0.1) is 0 Å². The lowest BCUT2D eigenvalue weighted by Crippen LogP contribution is -2.40. The summed E-state index contributed by atoms with van der Waals surface area (Å²) in [5.74, 6) is 0.736. The minimum Gasteiger partial charge on any atom is -0.444 e. The number of hydrogen-bond acceptors (Lipinski definition) is 6. The van der Waals surface area contributed by atoms with Gasteiger partial charge in [0.1, 0.15) is 5.60 Å². The first-order chi connectivity index (χ1) is 11.0. The van der Waals surface area contributed by atoms with Crippen LogP contribution in [0.4, 0.5) is 10.7 Å². The Morgan fingerprint density at radius 3 is 2.46 bits per heavy atom. The van der Waals surface area contributed by atoms with Crippen LogP contribution in [-0.2, 0) is 8.53 Å². The molecule has 0 radical (unpaired) electrons. The molecular weight excluding hydrogens is 379 g/mol. The molecule has 0 bridgehead atoms. The molecule has 1 saturated heterocycles. The third-order valence-electron chi connectivity index (χ3n) is 3.49. The zero-order chi connectivity index (χ0) is 18.0. The number of carbonyl (C=O) groups excluding carboxylic acids is 1. The highest BCUT2D eigenvalue weighted by Crippen LogP contribution is 2.37. The maximum Gasteiger partial charge on any atom is 0.407 e. The topological polar surface area (TPSA) is 80.5 Å². The predicted molar refractivity (Wildman–Crippen MR) is 92.7 cm³/mol. The van der Waals surface area contributed by atoms with E-state index in [1.165, 1.54) is 0 Å². The molecule has 1 aliphatic heterocycles. The number of carbonyl (C=O) groups is 1. The average Bonchev–Trinajstić information content (AvgIpc) is 2.93. The van der Waals surface area contributed by atoms with Gasteiger partial charge in [0.15, 0.2) is 0 Å². The SMILES string of the molecule is CC(C)(C)OC(=O)NCC1CCN(c2noc(C(Cl)(Cl)Cl)n2)CC1. The lowest BCUT2D eigenvalue weighted by Gasteiger charge is -2.31. The van der Waals surface area contributed by atoms with Crippen LogP contribution in [0.2, 0.25) is 0 Å². The van der Waals surface area contributed by atoms with Gasteiger partial charge in [-0.25, -0.2) is 4.79 Å². The average molecular weight is 400 g/mol. The molecule has 24 heavy (non-hydrogen) atoms. The summed E-state index contributed by atoms with van der Waals surface area (Å²) in [5.41, 5.74) is -0.494. The monoisotopic (exact) mass is 398 g/mol. The van der Waals surface area contributed by atoms with Crippen molar-refractivity contribution >= 4 is 46.8 Å². The van der Waals surface area contributed by atoms with Crippen molar-refractivity contribution in [3.63, 3.8) is 0 Å². The molecule has 0 aromatic carbocycles. The van der Waals surface area contributed by atoms with E-state index in [4.69, 9.17) is 44.1 Å². The third-order valence-corrected chi connectivity index (χ3v) is 3.97. The van der Waals surface area contributed by atoms with Crippen LogP contribution in [0.3, 0.4) is 0 Å². The van der Waals surface area contributed by atoms with Crippen LogP contribution in [0.25, 0.3) is 0 Å². The third kappa shape index (κ3) is 5.86. The number of hydrogen-bond donors (Lipinski definition) is 1. The second-order valence-corrected chi connectivity index (χ2v) is 8.99. The molecule has 1 aromatic heterocycles. The van der Waals surface area contributed by atoms with Crippen molar-refractivity contribution in [2.45, 2.75) is 43.0 Å². The largest absolute Gasteiger partial charge is 0.444 e. The number of piperidine rings is 1. The number of halogens is 3. The zero-order valence-corrected chi connectivity index (χ0v) is 16.1. The van der Waals surface area contributed by atoms with E-state index in [2.05, 4.69) is 15.5 Å². The molecule has 7 nitrogen and oxygen atoms in total. The molecule has 0 saturated carbocycles. The Hall–Kier alpha value is -0.920. The number of alkyl carbamates (subject to hydrolysis) is 1. The Labute approximate surface area is 155 Å². The first kappa shape index (κ1) is 19.4. The maximum absolute atomic E-state index is 11.7. The molecule has 0 atom stereocenters. The first-order valence-electron chi connectivity index (χ1n) is 7.67. The summed E-state index contributed by atoms with van der Waals surface area (Å²) < 4.78 is 8.46. The van der Waals surface area contributed by atoms with E-state index in [0.717, 1.165) is 25.9 Å². The maximum atomic E-state index is 11.7. The molecule has 1 aromatic rings. The number of nitrogens with zero attached hydrogens (tertiary/aromatic N) is 3. The molecule has 1 aliphatic rings. The Morgan fingerprint density at radius 1 is 1.33 bits per heavy atom. The van der Waals surface area contributed by atoms with Crippen molar-refractivity contribution in [1.29, 1.82) is 0 Å². The molecule has 2 rings (SSSR count). The lowest BCUT2D eigenvalue weighted by molar-refractivity contribution is 0.0517. The van der Waals surface area contributed by atoms with Gasteiger partial charge < -0.3 is 19.5 Å². The van der Waals surface area contributed by atoms with Gasteiger partial charge in [0, 0.05) is 19.6 Å². The van der Waals surface area contributed by atoms with Crippen molar-refractivity contribution in [3.8, 4) is 0 Å². The number of amides is 1. The first-order valence-corrected chi connectivity index (χ1v) is 8.81. The van der Waals surface area contributed by atoms with Crippen molar-refractivity contribution in [1.82, 2.24) is 15.5 Å². The number of rotatable bonds is 3. The van der Waals surface area contributed by atoms with Crippen LogP contribution in [0.5, 0.6) is 0 Å². The van der Waals surface area contributed by atoms with Crippen LogP contribution < -0.4 is 10.2 Å². The van der Waals surface area contributed by atoms with Crippen molar-refractivity contribution < 1.29 is 14.1 Å². The Bertz CT molecular complexity index is 560. The van der Waals surface area contributed by atoms with Crippen LogP contribution >= 0.6 is 34.8 Å². The summed E-state index contributed by atoms with van der Waals surface area (Å²) in [6.45, 7) is 7.55. The highest BCUT2D eigenvalue weighted by molar-refractivity contribution is 6.66. The summed E-state index contributed by atoms with van der Waals surface area (Å²) in [6.07, 6.45) is 1.37. The van der Waals surface area contributed by atoms with Crippen LogP contribution in [0.15, 0.2) is 4.52 Å². The molecule has 136 valence electrons. The van der Waals surface area contributed by atoms with Crippen LogP contribution in [0, 0.1) is 5.92 Å². The molecule has 0 spiro atoms. The van der Waals surface area contributed by atoms with Crippen molar-refractivity contribution in [2.24, 2.45) is 5.92 Å². The lowest BCUT2D eigenvalue weighted by atomic mass is 9.97. The highest BCUT2D eigenvalue weighted by atomic mass is 35.6. The molecule has 1 fully saturated rings. The fourth-order valence-electron chi connectivity index (χ4n) is 2.34. The van der Waals surface area contributed by atoms with Gasteiger partial charge in [-0.3, -0.25) is 0 Å². The van der Waals surface area contributed by atoms with E-state index >= 15 is 0 Å². The Morgan fingerprint density at radius 2 is 1.96 bits per heavy atom. The number of nitrogens with one attached hydrogen (secondary N) is 1. The molecule has 1 N–H and O–H groups in total. The minimum atomic E-state index is -1.72. The summed E-state index contributed by atoms with van der Waals surface area (Å²) >= 11 is 17.1. The van der Waals surface area contributed by atoms with E-state index in [1.54, 1.807) is 0 Å². The summed E-state index contributed by atoms with van der Waals surface area (Å²) in [7, 11) is 0. The predicted octanol–water partition coefficient (Wildman–Crippen LogP) is 3.64. The molecule has 1 amide bonds. The number of aromatic nitrogens is 2. The molecule has 0 aliphatic carbocycles. The van der Waals surface area contributed by atoms with Gasteiger partial charge >= 0.3 is 6.09 Å². The fraction of sp³-hybridized carbons (Fsp3) is 0.786. The second-order valence-electron chi connectivity index (χ2n) is 6.71. The van der Waals surface area contributed by atoms with Gasteiger partial charge in [-0.05, 0) is 44.7 Å². The van der Waals surface area contributed by atoms with Crippen molar-refractivity contribution in [2.75, 3.05) is 24.5 Å². The summed E-state index contributed by atoms with van der Waals surface area (Å²) in [4.78, 5) is 17.7. The quantitative estimate of drug-likeness (QED) is 0.782. The van der Waals surface area contributed by atoms with Gasteiger partial charge in [-0.15, -0.1) is 0 Å². The zero-order valence-electron chi connectivity index (χ0n) is 13.8. The van der Waals surface area contributed by atoms with Crippen LogP contribution in [0.1, 0.15) is 39.5 Å². The molecular formula is C14H21Cl3N4O3. The van der Waals surface area contributed by atoms with E-state index < -0.39 is 15.5 Å². The number of alkyl halides is 3. The number of ether oxygens (including phenoxy) is 1. The van der Waals surface area contributed by atoms with E-state index in [0.29, 0.717) is 18.4 Å². The minimum absolute atomic E-state index is 0.0452. The van der Waals surface area contributed by atoms with Crippen molar-refractivity contribution in [3.05, 3.63) is 5.89 Å². The van der Waals surface area contributed by atoms with E-state index in [-0.39, 0.29) is 5.89 Å². The molecule has 0 unspecified atom stereocenters. The van der Waals surface area contributed by atoms with Gasteiger partial charge in [-0.2, -0.15) is 4.98 Å². The van der Waals surface area contributed by atoms with Gasteiger partial charge in [-0.1, -0.05) is 34.8 Å². The second kappa shape index (κ2) is 7.54. The van der Waals surface area contributed by atoms with Gasteiger partial charge in [0.2, 0.25) is 0 Å². The standard InChI is InChI=1S/C14H21Cl3N4O3/c1-13(2,3)23-12(22)18-8-9-4-6-21(7-5-9)11-19-10(24-20-11)14(15,16)17/h9H,4-8H2,1-3H3,(H,18,22). The molecule has 2 heterocycles. The molecule has 10 heteroatoms. The van der Waals surface area contributed by atoms with Gasteiger partial charge in [0.25, 0.3) is 15.6 Å². The number of anilines is 1. The smallest absolute Gasteiger partial charge is 0.407 e. The normalized spacial score (nSPS) is 17.0. The fourth-order valence-corrected chi connectivity index (χ4v) is 2.57. The van der Waals surface area contributed by atoms with E-state index in [1.807, 2.05) is 25.7 Å². The summed E-state index contributed by atoms with van der Waals surface area (Å²) in [5, 5.41) is 6.65. The van der Waals surface area contributed by atoms with Crippen LogP contribution in [-0.4, -0.2) is 41.5 Å². The van der Waals surface area contributed by atoms with E-state index in [9.17, 15) is 4.79 Å². The Kier molecular flexibility index (Phi) is 6.09. The Balaban J connectivity index is 1.77. The summed E-state index contributed by atoms with van der Waals surface area (Å²) in [6, 6.07) is 0.